The Labute approximate surface area is 119 Å². The minimum atomic E-state index is 0.0947. The van der Waals surface area contributed by atoms with Gasteiger partial charge in [-0.1, -0.05) is 36.6 Å². The SMILES string of the molecule is NC1CCCCC1CC(=O)NCc1ccc(Cl)cc1. The van der Waals surface area contributed by atoms with Gasteiger partial charge in [0.25, 0.3) is 0 Å². The molecular formula is C15H21ClN2O. The Balaban J connectivity index is 1.76. The van der Waals surface area contributed by atoms with Crippen molar-refractivity contribution in [1.29, 1.82) is 0 Å². The van der Waals surface area contributed by atoms with E-state index < -0.39 is 0 Å². The van der Waals surface area contributed by atoms with Crippen LogP contribution in [0.25, 0.3) is 0 Å². The fraction of sp³-hybridized carbons (Fsp3) is 0.533. The Bertz CT molecular complexity index is 419. The van der Waals surface area contributed by atoms with Crippen molar-refractivity contribution >= 4 is 17.5 Å². The smallest absolute Gasteiger partial charge is 0.220 e. The molecule has 0 heterocycles. The first-order chi connectivity index (χ1) is 9.15. The summed E-state index contributed by atoms with van der Waals surface area (Å²) in [6.45, 7) is 0.554. The average molecular weight is 281 g/mol. The van der Waals surface area contributed by atoms with Crippen LogP contribution in [-0.2, 0) is 11.3 Å². The van der Waals surface area contributed by atoms with Crippen LogP contribution >= 0.6 is 11.6 Å². The Morgan fingerprint density at radius 1 is 1.26 bits per heavy atom. The minimum Gasteiger partial charge on any atom is -0.352 e. The van der Waals surface area contributed by atoms with Crippen molar-refractivity contribution in [2.75, 3.05) is 0 Å². The number of halogens is 1. The monoisotopic (exact) mass is 280 g/mol. The van der Waals surface area contributed by atoms with Crippen molar-refractivity contribution in [1.82, 2.24) is 5.32 Å². The van der Waals surface area contributed by atoms with Crippen LogP contribution in [0.3, 0.4) is 0 Å². The second kappa shape index (κ2) is 6.92. The summed E-state index contributed by atoms with van der Waals surface area (Å²) in [5, 5.41) is 3.66. The number of carbonyl (C=O) groups excluding carboxylic acids is 1. The van der Waals surface area contributed by atoms with Gasteiger partial charge in [-0.15, -0.1) is 0 Å². The number of hydrogen-bond acceptors (Lipinski definition) is 2. The molecule has 0 spiro atoms. The Morgan fingerprint density at radius 2 is 1.95 bits per heavy atom. The number of nitrogens with two attached hydrogens (primary N) is 1. The molecule has 1 saturated carbocycles. The lowest BCUT2D eigenvalue weighted by atomic mass is 9.83. The number of benzene rings is 1. The third-order valence-corrected chi connectivity index (χ3v) is 4.07. The molecule has 2 rings (SSSR count). The highest BCUT2D eigenvalue weighted by Crippen LogP contribution is 2.25. The molecule has 4 heteroatoms. The summed E-state index contributed by atoms with van der Waals surface area (Å²) >= 11 is 5.82. The fourth-order valence-electron chi connectivity index (χ4n) is 2.60. The van der Waals surface area contributed by atoms with Crippen LogP contribution in [0.2, 0.25) is 5.02 Å². The summed E-state index contributed by atoms with van der Waals surface area (Å²) < 4.78 is 0. The van der Waals surface area contributed by atoms with Gasteiger partial charge in [-0.3, -0.25) is 4.79 Å². The Kier molecular flexibility index (Phi) is 5.23. The first kappa shape index (κ1) is 14.4. The van der Waals surface area contributed by atoms with Gasteiger partial charge in [-0.2, -0.15) is 0 Å². The number of rotatable bonds is 4. The molecule has 1 aliphatic rings. The average Bonchev–Trinajstić information content (AvgIpc) is 2.41. The van der Waals surface area contributed by atoms with Gasteiger partial charge in [0.1, 0.15) is 0 Å². The molecule has 0 aliphatic heterocycles. The maximum Gasteiger partial charge on any atom is 0.220 e. The molecule has 0 saturated heterocycles. The van der Waals surface area contributed by atoms with Crippen LogP contribution < -0.4 is 11.1 Å². The van der Waals surface area contributed by atoms with Crippen LogP contribution in [0.4, 0.5) is 0 Å². The molecule has 1 aliphatic carbocycles. The molecule has 19 heavy (non-hydrogen) atoms. The van der Waals surface area contributed by atoms with Gasteiger partial charge in [0, 0.05) is 24.0 Å². The summed E-state index contributed by atoms with van der Waals surface area (Å²) in [5.41, 5.74) is 7.12. The van der Waals surface area contributed by atoms with Crippen LogP contribution in [0, 0.1) is 5.92 Å². The Hall–Kier alpha value is -1.06. The summed E-state index contributed by atoms with van der Waals surface area (Å²) in [4.78, 5) is 11.9. The molecule has 2 atom stereocenters. The topological polar surface area (TPSA) is 55.1 Å². The molecule has 2 unspecified atom stereocenters. The maximum absolute atomic E-state index is 11.9. The molecule has 1 aromatic carbocycles. The van der Waals surface area contributed by atoms with Gasteiger partial charge in [-0.05, 0) is 36.5 Å². The summed E-state index contributed by atoms with van der Waals surface area (Å²) in [5.74, 6) is 0.441. The molecule has 1 aromatic rings. The molecule has 0 radical (unpaired) electrons. The third-order valence-electron chi connectivity index (χ3n) is 3.82. The first-order valence-electron chi connectivity index (χ1n) is 6.92. The van der Waals surface area contributed by atoms with E-state index in [1.165, 1.54) is 12.8 Å². The standard InChI is InChI=1S/C15H21ClN2O/c16-13-7-5-11(6-8-13)10-18-15(19)9-12-3-1-2-4-14(12)17/h5-8,12,14H,1-4,9-10,17H2,(H,18,19). The molecule has 3 nitrogen and oxygen atoms in total. The van der Waals surface area contributed by atoms with E-state index in [0.717, 1.165) is 18.4 Å². The van der Waals surface area contributed by atoms with Gasteiger partial charge >= 0.3 is 0 Å². The molecule has 0 bridgehead atoms. The van der Waals surface area contributed by atoms with E-state index in [4.69, 9.17) is 17.3 Å². The fourth-order valence-corrected chi connectivity index (χ4v) is 2.73. The van der Waals surface area contributed by atoms with Crippen LogP contribution in [0.15, 0.2) is 24.3 Å². The second-order valence-electron chi connectivity index (χ2n) is 5.32. The van der Waals surface area contributed by atoms with E-state index >= 15 is 0 Å². The number of nitrogens with one attached hydrogen (secondary N) is 1. The number of hydrogen-bond donors (Lipinski definition) is 2. The van der Waals surface area contributed by atoms with Gasteiger partial charge < -0.3 is 11.1 Å². The normalized spacial score (nSPS) is 23.1. The van der Waals surface area contributed by atoms with Crippen molar-refractivity contribution in [2.45, 2.75) is 44.7 Å². The van der Waals surface area contributed by atoms with Crippen molar-refractivity contribution in [3.63, 3.8) is 0 Å². The third kappa shape index (κ3) is 4.51. The quantitative estimate of drug-likeness (QED) is 0.891. The van der Waals surface area contributed by atoms with Crippen LogP contribution in [0.1, 0.15) is 37.7 Å². The highest BCUT2D eigenvalue weighted by atomic mass is 35.5. The highest BCUT2D eigenvalue weighted by Gasteiger charge is 2.23. The minimum absolute atomic E-state index is 0.0947. The summed E-state index contributed by atoms with van der Waals surface area (Å²) in [6.07, 6.45) is 5.08. The van der Waals surface area contributed by atoms with Crippen LogP contribution in [0.5, 0.6) is 0 Å². The molecule has 0 aromatic heterocycles. The van der Waals surface area contributed by atoms with E-state index in [1.54, 1.807) is 0 Å². The highest BCUT2D eigenvalue weighted by molar-refractivity contribution is 6.30. The van der Waals surface area contributed by atoms with Crippen molar-refractivity contribution < 1.29 is 4.79 Å². The van der Waals surface area contributed by atoms with E-state index in [0.29, 0.717) is 23.9 Å². The zero-order valence-corrected chi connectivity index (χ0v) is 11.8. The molecule has 3 N–H and O–H groups in total. The maximum atomic E-state index is 11.9. The molecule has 1 amide bonds. The van der Waals surface area contributed by atoms with Gasteiger partial charge in [0.2, 0.25) is 5.91 Å². The van der Waals surface area contributed by atoms with Gasteiger partial charge in [-0.25, -0.2) is 0 Å². The van der Waals surface area contributed by atoms with E-state index in [1.807, 2.05) is 24.3 Å². The summed E-state index contributed by atoms with van der Waals surface area (Å²) in [6, 6.07) is 7.71. The molecular weight excluding hydrogens is 260 g/mol. The van der Waals surface area contributed by atoms with Gasteiger partial charge in [0.15, 0.2) is 0 Å². The number of carbonyl (C=O) groups is 1. The van der Waals surface area contributed by atoms with Crippen molar-refractivity contribution in [3.05, 3.63) is 34.9 Å². The Morgan fingerprint density at radius 3 is 2.63 bits per heavy atom. The van der Waals surface area contributed by atoms with E-state index in [-0.39, 0.29) is 11.9 Å². The largest absolute Gasteiger partial charge is 0.352 e. The molecule has 1 fully saturated rings. The molecule has 104 valence electrons. The predicted molar refractivity (Wildman–Crippen MR) is 77.8 cm³/mol. The number of amides is 1. The van der Waals surface area contributed by atoms with Crippen LogP contribution in [-0.4, -0.2) is 11.9 Å². The lowest BCUT2D eigenvalue weighted by molar-refractivity contribution is -0.122. The zero-order valence-electron chi connectivity index (χ0n) is 11.1. The van der Waals surface area contributed by atoms with Crippen molar-refractivity contribution in [3.8, 4) is 0 Å². The second-order valence-corrected chi connectivity index (χ2v) is 5.75. The lowest BCUT2D eigenvalue weighted by Crippen LogP contribution is -2.36. The first-order valence-corrected chi connectivity index (χ1v) is 7.29. The van der Waals surface area contributed by atoms with E-state index in [9.17, 15) is 4.79 Å². The zero-order chi connectivity index (χ0) is 13.7. The van der Waals surface area contributed by atoms with Gasteiger partial charge in [0.05, 0.1) is 0 Å². The predicted octanol–water partition coefficient (Wildman–Crippen LogP) is 2.86. The summed E-state index contributed by atoms with van der Waals surface area (Å²) in [7, 11) is 0. The van der Waals surface area contributed by atoms with E-state index in [2.05, 4.69) is 5.32 Å². The lowest BCUT2D eigenvalue weighted by Gasteiger charge is -2.27. The van der Waals surface area contributed by atoms with Crippen molar-refractivity contribution in [2.24, 2.45) is 11.7 Å².